The average molecular weight is 352 g/mol. The van der Waals surface area contributed by atoms with Gasteiger partial charge in [-0.05, 0) is 25.8 Å². The number of allylic oxidation sites excluding steroid dienone is 2. The van der Waals surface area contributed by atoms with Gasteiger partial charge in [0.05, 0.1) is 26.0 Å². The molecule has 0 bridgehead atoms. The molecule has 0 N–H and O–H groups in total. The fourth-order valence-corrected chi connectivity index (χ4v) is 3.54. The maximum absolute atomic E-state index is 12.2. The third kappa shape index (κ3) is 8.82. The molecule has 1 aromatic carbocycles. The van der Waals surface area contributed by atoms with Crippen LogP contribution in [0.1, 0.15) is 25.8 Å². The van der Waals surface area contributed by atoms with Crippen molar-refractivity contribution in [2.75, 3.05) is 26.0 Å². The molecule has 0 amide bonds. The smallest absolute Gasteiger partial charge is 0.330 e. The van der Waals surface area contributed by atoms with Crippen molar-refractivity contribution in [1.82, 2.24) is 0 Å². The summed E-state index contributed by atoms with van der Waals surface area (Å²) in [6, 6.07) is 9.78. The lowest BCUT2D eigenvalue weighted by atomic mass is 10.2. The maximum atomic E-state index is 12.2. The van der Waals surface area contributed by atoms with Gasteiger partial charge >= 0.3 is 13.6 Å². The van der Waals surface area contributed by atoms with Gasteiger partial charge in [0.1, 0.15) is 0 Å². The Balaban J connectivity index is 2.27. The van der Waals surface area contributed by atoms with Gasteiger partial charge in [0.25, 0.3) is 0 Å². The van der Waals surface area contributed by atoms with Gasteiger partial charge in [-0.2, -0.15) is 0 Å². The minimum Gasteiger partial charge on any atom is -0.463 e. The molecule has 24 heavy (non-hydrogen) atoms. The second-order valence-electron chi connectivity index (χ2n) is 4.82. The molecule has 0 unspecified atom stereocenters. The van der Waals surface area contributed by atoms with Crippen LogP contribution in [0.3, 0.4) is 0 Å². The monoisotopic (exact) mass is 352 g/mol. The highest BCUT2D eigenvalue weighted by molar-refractivity contribution is 7.53. The van der Waals surface area contributed by atoms with Crippen molar-refractivity contribution in [1.29, 1.82) is 0 Å². The summed E-state index contributed by atoms with van der Waals surface area (Å²) in [5.41, 5.74) is 1.05. The number of carbonyl (C=O) groups excluding carboxylic acids is 1. The second-order valence-corrected chi connectivity index (χ2v) is 7.01. The first-order chi connectivity index (χ1) is 11.6. The van der Waals surface area contributed by atoms with Crippen LogP contribution in [-0.4, -0.2) is 32.0 Å². The Morgan fingerprint density at radius 2 is 1.75 bits per heavy atom. The van der Waals surface area contributed by atoms with E-state index in [2.05, 4.69) is 0 Å². The van der Waals surface area contributed by atoms with Gasteiger partial charge in [-0.1, -0.05) is 48.6 Å². The predicted octanol–water partition coefficient (Wildman–Crippen LogP) is 4.46. The van der Waals surface area contributed by atoms with Gasteiger partial charge in [-0.15, -0.1) is 0 Å². The van der Waals surface area contributed by atoms with Gasteiger partial charge < -0.3 is 13.8 Å². The van der Waals surface area contributed by atoms with Crippen LogP contribution in [0.4, 0.5) is 0 Å². The largest absolute Gasteiger partial charge is 0.463 e. The van der Waals surface area contributed by atoms with E-state index in [9.17, 15) is 9.36 Å². The summed E-state index contributed by atoms with van der Waals surface area (Å²) in [7, 11) is -3.06. The zero-order valence-electron chi connectivity index (χ0n) is 14.2. The topological polar surface area (TPSA) is 61.8 Å². The van der Waals surface area contributed by atoms with Crippen molar-refractivity contribution >= 4 is 19.6 Å². The number of carbonyl (C=O) groups is 1. The summed E-state index contributed by atoms with van der Waals surface area (Å²) in [6.45, 7) is 4.36. The number of benzene rings is 1. The zero-order chi connectivity index (χ0) is 17.7. The van der Waals surface area contributed by atoms with Crippen LogP contribution in [0.5, 0.6) is 0 Å². The molecular weight excluding hydrogens is 327 g/mol. The summed E-state index contributed by atoms with van der Waals surface area (Å²) in [4.78, 5) is 11.6. The van der Waals surface area contributed by atoms with E-state index in [4.69, 9.17) is 13.8 Å². The van der Waals surface area contributed by atoms with E-state index in [1.807, 2.05) is 36.4 Å². The van der Waals surface area contributed by atoms with Crippen molar-refractivity contribution in [2.45, 2.75) is 20.3 Å². The van der Waals surface area contributed by atoms with Crippen molar-refractivity contribution in [2.24, 2.45) is 0 Å². The Bertz CT molecular complexity index is 570. The molecule has 1 rings (SSSR count). The molecular formula is C18H25O5P. The first-order valence-electron chi connectivity index (χ1n) is 8.04. The highest BCUT2D eigenvalue weighted by Gasteiger charge is 2.22. The predicted molar refractivity (Wildman–Crippen MR) is 95.9 cm³/mol. The lowest BCUT2D eigenvalue weighted by molar-refractivity contribution is -0.137. The Kier molecular flexibility index (Phi) is 10.0. The molecule has 0 spiro atoms. The molecule has 132 valence electrons. The van der Waals surface area contributed by atoms with Crippen molar-refractivity contribution in [3.8, 4) is 0 Å². The fraction of sp³-hybridized carbons (Fsp3) is 0.389. The Hall–Kier alpha value is -1.68. The van der Waals surface area contributed by atoms with E-state index in [0.29, 0.717) is 19.6 Å². The molecule has 0 saturated carbocycles. The molecule has 0 atom stereocenters. The lowest BCUT2D eigenvalue weighted by Crippen LogP contribution is -2.06. The fourth-order valence-electron chi connectivity index (χ4n) is 1.90. The number of hydrogen-bond donors (Lipinski definition) is 0. The first-order valence-corrected chi connectivity index (χ1v) is 9.77. The van der Waals surface area contributed by atoms with E-state index in [1.54, 1.807) is 26.0 Å². The number of rotatable bonds is 11. The molecule has 5 nitrogen and oxygen atoms in total. The van der Waals surface area contributed by atoms with E-state index in [0.717, 1.165) is 5.56 Å². The molecule has 0 aromatic heterocycles. The quantitative estimate of drug-likeness (QED) is 0.193. The molecule has 0 heterocycles. The van der Waals surface area contributed by atoms with Crippen LogP contribution >= 0.6 is 7.60 Å². The molecule has 0 aliphatic carbocycles. The van der Waals surface area contributed by atoms with Crippen molar-refractivity contribution in [3.05, 3.63) is 54.1 Å². The van der Waals surface area contributed by atoms with Gasteiger partial charge in [0.2, 0.25) is 0 Å². The lowest BCUT2D eigenvalue weighted by Gasteiger charge is -2.16. The van der Waals surface area contributed by atoms with Gasteiger partial charge in [-0.3, -0.25) is 4.57 Å². The molecule has 6 heteroatoms. The summed E-state index contributed by atoms with van der Waals surface area (Å²) in [5, 5.41) is 0. The van der Waals surface area contributed by atoms with Gasteiger partial charge in [0.15, 0.2) is 0 Å². The number of esters is 1. The highest BCUT2D eigenvalue weighted by atomic mass is 31.2. The minimum absolute atomic E-state index is 0.176. The van der Waals surface area contributed by atoms with Gasteiger partial charge in [-0.25, -0.2) is 4.79 Å². The molecule has 0 aliphatic heterocycles. The molecule has 0 fully saturated rings. The van der Waals surface area contributed by atoms with E-state index < -0.39 is 13.6 Å². The first kappa shape index (κ1) is 20.4. The SMILES string of the molecule is CCOP(=O)(CCCOC(=O)/C=C/C=C/c1ccccc1)OCC. The standard InChI is InChI=1S/C18H25O5P/c1-3-22-24(20,23-4-2)16-10-15-21-18(19)14-9-8-13-17-11-6-5-7-12-17/h5-9,11-14H,3-4,10,15-16H2,1-2H3/b13-8+,14-9+. The zero-order valence-corrected chi connectivity index (χ0v) is 15.1. The normalized spacial score (nSPS) is 12.1. The van der Waals surface area contributed by atoms with Crippen molar-refractivity contribution < 1.29 is 23.1 Å². The summed E-state index contributed by atoms with van der Waals surface area (Å²) < 4.78 is 27.6. The van der Waals surface area contributed by atoms with Crippen LogP contribution in [-0.2, 0) is 23.1 Å². The van der Waals surface area contributed by atoms with Crippen molar-refractivity contribution in [3.63, 3.8) is 0 Å². The van der Waals surface area contributed by atoms with E-state index >= 15 is 0 Å². The molecule has 0 aliphatic rings. The summed E-state index contributed by atoms with van der Waals surface area (Å²) in [5.74, 6) is -0.435. The Labute approximate surface area is 143 Å². The van der Waals surface area contributed by atoms with E-state index in [1.165, 1.54) is 6.08 Å². The minimum atomic E-state index is -3.06. The van der Waals surface area contributed by atoms with Crippen LogP contribution in [0.15, 0.2) is 48.6 Å². The highest BCUT2D eigenvalue weighted by Crippen LogP contribution is 2.48. The van der Waals surface area contributed by atoms with E-state index in [-0.39, 0.29) is 12.8 Å². The maximum Gasteiger partial charge on any atom is 0.330 e. The van der Waals surface area contributed by atoms with Crippen LogP contribution in [0.25, 0.3) is 6.08 Å². The third-order valence-electron chi connectivity index (χ3n) is 2.90. The summed E-state index contributed by atoms with van der Waals surface area (Å²) >= 11 is 0. The van der Waals surface area contributed by atoms with Crippen LogP contribution < -0.4 is 0 Å². The van der Waals surface area contributed by atoms with Gasteiger partial charge in [0, 0.05) is 6.08 Å². The molecule has 0 radical (unpaired) electrons. The third-order valence-corrected chi connectivity index (χ3v) is 5.07. The Morgan fingerprint density at radius 3 is 2.38 bits per heavy atom. The molecule has 1 aromatic rings. The molecule has 0 saturated heterocycles. The Morgan fingerprint density at radius 1 is 1.08 bits per heavy atom. The number of ether oxygens (including phenoxy) is 1. The number of hydrogen-bond acceptors (Lipinski definition) is 5. The summed E-state index contributed by atoms with van der Waals surface area (Å²) in [6.07, 6.45) is 7.31. The second kappa shape index (κ2) is 11.8. The average Bonchev–Trinajstić information content (AvgIpc) is 2.57. The van der Waals surface area contributed by atoms with Crippen LogP contribution in [0, 0.1) is 0 Å². The van der Waals surface area contributed by atoms with Crippen LogP contribution in [0.2, 0.25) is 0 Å².